The monoisotopic (exact) mass is 279 g/mol. The molecule has 0 heterocycles. The van der Waals surface area contributed by atoms with E-state index in [1.807, 2.05) is 13.0 Å². The lowest BCUT2D eigenvalue weighted by molar-refractivity contribution is 0.415. The number of ether oxygens (including phenoxy) is 1. The first-order chi connectivity index (χ1) is 9.11. The van der Waals surface area contributed by atoms with Crippen molar-refractivity contribution in [3.05, 3.63) is 58.9 Å². The van der Waals surface area contributed by atoms with Crippen LogP contribution in [0.4, 0.5) is 10.1 Å². The van der Waals surface area contributed by atoms with E-state index in [1.165, 1.54) is 6.07 Å². The SMILES string of the molecule is COc1ccc(Cl)c(NC(C)c2ccccc2F)c1. The van der Waals surface area contributed by atoms with Crippen molar-refractivity contribution in [2.75, 3.05) is 12.4 Å². The number of rotatable bonds is 4. The van der Waals surface area contributed by atoms with Gasteiger partial charge in [0.15, 0.2) is 0 Å². The molecule has 2 aromatic carbocycles. The fraction of sp³-hybridized carbons (Fsp3) is 0.200. The first-order valence-corrected chi connectivity index (χ1v) is 6.34. The molecule has 0 aromatic heterocycles. The van der Waals surface area contributed by atoms with Gasteiger partial charge in [0.2, 0.25) is 0 Å². The van der Waals surface area contributed by atoms with Crippen molar-refractivity contribution < 1.29 is 9.13 Å². The Kier molecular flexibility index (Phi) is 4.27. The summed E-state index contributed by atoms with van der Waals surface area (Å²) in [5.74, 6) is 0.467. The molecule has 0 saturated heterocycles. The Balaban J connectivity index is 2.24. The van der Waals surface area contributed by atoms with Crippen molar-refractivity contribution >= 4 is 17.3 Å². The Labute approximate surface area is 117 Å². The van der Waals surface area contributed by atoms with Crippen molar-refractivity contribution in [1.82, 2.24) is 0 Å². The normalized spacial score (nSPS) is 12.0. The van der Waals surface area contributed by atoms with Gasteiger partial charge in [0, 0.05) is 11.6 Å². The van der Waals surface area contributed by atoms with E-state index in [0.717, 1.165) is 5.69 Å². The molecule has 0 aliphatic rings. The first kappa shape index (κ1) is 13.7. The van der Waals surface area contributed by atoms with Gasteiger partial charge in [0.1, 0.15) is 11.6 Å². The van der Waals surface area contributed by atoms with Gasteiger partial charge in [-0.25, -0.2) is 4.39 Å². The Morgan fingerprint density at radius 1 is 1.21 bits per heavy atom. The maximum Gasteiger partial charge on any atom is 0.128 e. The van der Waals surface area contributed by atoms with Crippen LogP contribution < -0.4 is 10.1 Å². The van der Waals surface area contributed by atoms with Gasteiger partial charge in [0.25, 0.3) is 0 Å². The van der Waals surface area contributed by atoms with Gasteiger partial charge in [0.05, 0.1) is 23.9 Å². The molecular formula is C15H15ClFNO. The van der Waals surface area contributed by atoms with Gasteiger partial charge < -0.3 is 10.1 Å². The summed E-state index contributed by atoms with van der Waals surface area (Å²) in [5, 5.41) is 3.76. The molecule has 1 N–H and O–H groups in total. The van der Waals surface area contributed by atoms with E-state index >= 15 is 0 Å². The number of nitrogens with one attached hydrogen (secondary N) is 1. The molecular weight excluding hydrogens is 265 g/mol. The highest BCUT2D eigenvalue weighted by atomic mass is 35.5. The highest BCUT2D eigenvalue weighted by Gasteiger charge is 2.12. The summed E-state index contributed by atoms with van der Waals surface area (Å²) in [7, 11) is 1.59. The second-order valence-electron chi connectivity index (χ2n) is 4.23. The Morgan fingerprint density at radius 3 is 2.63 bits per heavy atom. The average Bonchev–Trinajstić information content (AvgIpc) is 2.41. The van der Waals surface area contributed by atoms with Gasteiger partial charge >= 0.3 is 0 Å². The maximum atomic E-state index is 13.7. The van der Waals surface area contributed by atoms with Gasteiger partial charge in [-0.1, -0.05) is 29.8 Å². The third kappa shape index (κ3) is 3.18. The predicted octanol–water partition coefficient (Wildman–Crippen LogP) is 4.66. The zero-order valence-corrected chi connectivity index (χ0v) is 11.5. The standard InChI is InChI=1S/C15H15ClFNO/c1-10(12-5-3-4-6-14(12)17)18-15-9-11(19-2)7-8-13(15)16/h3-10,18H,1-2H3. The number of anilines is 1. The lowest BCUT2D eigenvalue weighted by Gasteiger charge is -2.18. The van der Waals surface area contributed by atoms with E-state index in [0.29, 0.717) is 16.3 Å². The molecule has 4 heteroatoms. The summed E-state index contributed by atoms with van der Waals surface area (Å²) in [4.78, 5) is 0. The van der Waals surface area contributed by atoms with Crippen LogP contribution in [0.2, 0.25) is 5.02 Å². The summed E-state index contributed by atoms with van der Waals surface area (Å²) < 4.78 is 18.8. The highest BCUT2D eigenvalue weighted by Crippen LogP contribution is 2.30. The number of hydrogen-bond acceptors (Lipinski definition) is 2. The zero-order valence-electron chi connectivity index (χ0n) is 10.8. The van der Waals surface area contributed by atoms with Crippen LogP contribution in [0.15, 0.2) is 42.5 Å². The van der Waals surface area contributed by atoms with E-state index in [2.05, 4.69) is 5.32 Å². The Hall–Kier alpha value is -1.74. The summed E-state index contributed by atoms with van der Waals surface area (Å²) in [6.07, 6.45) is 0. The second kappa shape index (κ2) is 5.93. The molecule has 0 bridgehead atoms. The number of benzene rings is 2. The lowest BCUT2D eigenvalue weighted by Crippen LogP contribution is -2.09. The summed E-state index contributed by atoms with van der Waals surface area (Å²) in [5.41, 5.74) is 1.32. The molecule has 100 valence electrons. The van der Waals surface area contributed by atoms with Crippen LogP contribution in [0.3, 0.4) is 0 Å². The van der Waals surface area contributed by atoms with Crippen LogP contribution in [0.1, 0.15) is 18.5 Å². The van der Waals surface area contributed by atoms with Gasteiger partial charge in [-0.2, -0.15) is 0 Å². The van der Waals surface area contributed by atoms with E-state index in [9.17, 15) is 4.39 Å². The van der Waals surface area contributed by atoms with Crippen molar-refractivity contribution in [2.45, 2.75) is 13.0 Å². The molecule has 0 amide bonds. The molecule has 1 unspecified atom stereocenters. The van der Waals surface area contributed by atoms with Crippen LogP contribution >= 0.6 is 11.6 Å². The molecule has 2 rings (SSSR count). The Morgan fingerprint density at radius 2 is 1.95 bits per heavy atom. The molecule has 0 fully saturated rings. The minimum absolute atomic E-state index is 0.189. The van der Waals surface area contributed by atoms with Crippen LogP contribution in [-0.4, -0.2) is 7.11 Å². The van der Waals surface area contributed by atoms with Crippen molar-refractivity contribution in [3.8, 4) is 5.75 Å². The van der Waals surface area contributed by atoms with Gasteiger partial charge in [-0.15, -0.1) is 0 Å². The third-order valence-corrected chi connectivity index (χ3v) is 3.25. The van der Waals surface area contributed by atoms with E-state index < -0.39 is 0 Å². The average molecular weight is 280 g/mol. The highest BCUT2D eigenvalue weighted by molar-refractivity contribution is 6.33. The lowest BCUT2D eigenvalue weighted by atomic mass is 10.1. The second-order valence-corrected chi connectivity index (χ2v) is 4.64. The fourth-order valence-electron chi connectivity index (χ4n) is 1.88. The minimum atomic E-state index is -0.235. The Bertz CT molecular complexity index is 574. The molecule has 2 nitrogen and oxygen atoms in total. The molecule has 0 aliphatic carbocycles. The topological polar surface area (TPSA) is 21.3 Å². The smallest absolute Gasteiger partial charge is 0.128 e. The molecule has 0 saturated carbocycles. The summed E-state index contributed by atoms with van der Waals surface area (Å²) in [6, 6.07) is 11.8. The van der Waals surface area contributed by atoms with Crippen molar-refractivity contribution in [3.63, 3.8) is 0 Å². The van der Waals surface area contributed by atoms with Gasteiger partial charge in [-0.05, 0) is 25.1 Å². The molecule has 2 aromatic rings. The largest absolute Gasteiger partial charge is 0.497 e. The molecule has 0 spiro atoms. The zero-order chi connectivity index (χ0) is 13.8. The minimum Gasteiger partial charge on any atom is -0.497 e. The maximum absolute atomic E-state index is 13.7. The molecule has 0 aliphatic heterocycles. The van der Waals surface area contributed by atoms with E-state index in [1.54, 1.807) is 37.4 Å². The summed E-state index contributed by atoms with van der Waals surface area (Å²) >= 11 is 6.11. The van der Waals surface area contributed by atoms with E-state index in [-0.39, 0.29) is 11.9 Å². The van der Waals surface area contributed by atoms with Crippen LogP contribution in [0, 0.1) is 5.82 Å². The number of methoxy groups -OCH3 is 1. The number of halogens is 2. The van der Waals surface area contributed by atoms with Crippen LogP contribution in [0.25, 0.3) is 0 Å². The number of hydrogen-bond donors (Lipinski definition) is 1. The quantitative estimate of drug-likeness (QED) is 0.879. The third-order valence-electron chi connectivity index (χ3n) is 2.92. The molecule has 19 heavy (non-hydrogen) atoms. The molecule has 0 radical (unpaired) electrons. The fourth-order valence-corrected chi connectivity index (χ4v) is 2.05. The van der Waals surface area contributed by atoms with Crippen molar-refractivity contribution in [1.29, 1.82) is 0 Å². The van der Waals surface area contributed by atoms with Crippen LogP contribution in [-0.2, 0) is 0 Å². The van der Waals surface area contributed by atoms with Gasteiger partial charge in [-0.3, -0.25) is 0 Å². The van der Waals surface area contributed by atoms with Crippen LogP contribution in [0.5, 0.6) is 5.75 Å². The predicted molar refractivity (Wildman–Crippen MR) is 76.4 cm³/mol. The first-order valence-electron chi connectivity index (χ1n) is 5.96. The molecule has 1 atom stereocenters. The summed E-state index contributed by atoms with van der Waals surface area (Å²) in [6.45, 7) is 1.88. The van der Waals surface area contributed by atoms with Crippen molar-refractivity contribution in [2.24, 2.45) is 0 Å². The van der Waals surface area contributed by atoms with E-state index in [4.69, 9.17) is 16.3 Å².